The molecule has 0 spiro atoms. The number of amides is 1. The molecule has 5 rings (SSSR count). The number of unbranched alkanes of at least 4 members (excludes halogenated alkanes) is 2. The van der Waals surface area contributed by atoms with Gasteiger partial charge in [-0.15, -0.1) is 21.5 Å². The van der Waals surface area contributed by atoms with Crippen LogP contribution in [0.4, 0.5) is 9.52 Å². The summed E-state index contributed by atoms with van der Waals surface area (Å²) < 4.78 is 26.2. The van der Waals surface area contributed by atoms with E-state index in [2.05, 4.69) is 22.1 Å². The number of ether oxygens (including phenoxy) is 2. The molecule has 9 nitrogen and oxygen atoms in total. The number of thioether (sulfide) groups is 1. The van der Waals surface area contributed by atoms with E-state index in [1.54, 1.807) is 50.2 Å². The molecule has 1 amide bonds. The second-order valence-corrected chi connectivity index (χ2v) is 13.4. The number of thiazole rings is 1. The molecule has 1 aliphatic heterocycles. The van der Waals surface area contributed by atoms with Crippen LogP contribution in [-0.2, 0) is 10.5 Å². The highest BCUT2D eigenvalue weighted by Gasteiger charge is 2.47. The molecule has 0 aliphatic carbocycles. The van der Waals surface area contributed by atoms with Crippen LogP contribution in [0.25, 0.3) is 0 Å². The number of nitrogens with zero attached hydrogens (tertiary/aromatic N) is 4. The number of rotatable bonds is 13. The number of hydrogen-bond donors (Lipinski definition) is 1. The lowest BCUT2D eigenvalue weighted by Crippen LogP contribution is -2.31. The topological polar surface area (TPSA) is 115 Å². The summed E-state index contributed by atoms with van der Waals surface area (Å²) in [6.45, 7) is 6.14. The first-order chi connectivity index (χ1) is 21.2. The van der Waals surface area contributed by atoms with Crippen molar-refractivity contribution >= 4 is 51.3 Å². The number of ketones is 1. The summed E-state index contributed by atoms with van der Waals surface area (Å²) in [6.07, 6.45) is 2.99. The Balaban J connectivity index is 1.52. The number of halogens is 1. The third-order valence-electron chi connectivity index (χ3n) is 6.98. The zero-order valence-corrected chi connectivity index (χ0v) is 27.1. The van der Waals surface area contributed by atoms with Crippen LogP contribution in [0, 0.1) is 19.7 Å². The molecule has 2 aromatic carbocycles. The molecular formula is C31H31FN4O5S3. The molecule has 0 saturated carbocycles. The summed E-state index contributed by atoms with van der Waals surface area (Å²) in [7, 11) is 1.52. The van der Waals surface area contributed by atoms with Crippen LogP contribution in [0.2, 0.25) is 0 Å². The van der Waals surface area contributed by atoms with E-state index in [-0.39, 0.29) is 16.5 Å². The molecule has 0 bridgehead atoms. The Kier molecular flexibility index (Phi) is 9.97. The molecule has 0 radical (unpaired) electrons. The lowest BCUT2D eigenvalue weighted by Gasteiger charge is -2.25. The summed E-state index contributed by atoms with van der Waals surface area (Å²) in [4.78, 5) is 33.6. The van der Waals surface area contributed by atoms with E-state index in [4.69, 9.17) is 9.47 Å². The van der Waals surface area contributed by atoms with Crippen molar-refractivity contribution in [3.63, 3.8) is 0 Å². The lowest BCUT2D eigenvalue weighted by atomic mass is 9.95. The van der Waals surface area contributed by atoms with Crippen molar-refractivity contribution in [2.24, 2.45) is 0 Å². The van der Waals surface area contributed by atoms with Gasteiger partial charge in [0.1, 0.15) is 5.82 Å². The summed E-state index contributed by atoms with van der Waals surface area (Å²) in [5.41, 5.74) is 1.45. The molecule has 3 heterocycles. The van der Waals surface area contributed by atoms with Crippen molar-refractivity contribution in [2.75, 3.05) is 18.6 Å². The number of Topliss-reactive ketones (excluding diaryl/α,β-unsaturated/α-hetero) is 1. The molecular weight excluding hydrogens is 624 g/mol. The molecule has 230 valence electrons. The minimum Gasteiger partial charge on any atom is -0.503 e. The molecule has 4 aromatic rings. The second-order valence-electron chi connectivity index (χ2n) is 10.0. The number of aromatic nitrogens is 3. The van der Waals surface area contributed by atoms with Crippen molar-refractivity contribution in [1.29, 1.82) is 0 Å². The van der Waals surface area contributed by atoms with Crippen LogP contribution in [0.15, 0.2) is 58.1 Å². The molecule has 44 heavy (non-hydrogen) atoms. The quantitative estimate of drug-likeness (QED) is 0.0681. The zero-order chi connectivity index (χ0) is 31.4. The minimum absolute atomic E-state index is 0.0869. The molecule has 2 aromatic heterocycles. The van der Waals surface area contributed by atoms with Gasteiger partial charge in [0, 0.05) is 5.75 Å². The van der Waals surface area contributed by atoms with Crippen molar-refractivity contribution in [1.82, 2.24) is 15.2 Å². The summed E-state index contributed by atoms with van der Waals surface area (Å²) in [5.74, 6) is -1.000. The highest BCUT2D eigenvalue weighted by molar-refractivity contribution is 8.00. The first-order valence-electron chi connectivity index (χ1n) is 14.0. The van der Waals surface area contributed by atoms with Crippen molar-refractivity contribution < 1.29 is 28.6 Å². The normalized spacial score (nSPS) is 14.9. The average Bonchev–Trinajstić information content (AvgIpc) is 3.69. The number of aliphatic hydroxyl groups is 1. The fourth-order valence-electron chi connectivity index (χ4n) is 4.84. The maximum Gasteiger partial charge on any atom is 0.296 e. The van der Waals surface area contributed by atoms with Crippen LogP contribution >= 0.6 is 34.4 Å². The van der Waals surface area contributed by atoms with Crippen LogP contribution in [0.5, 0.6) is 11.5 Å². The number of methoxy groups -OCH3 is 1. The monoisotopic (exact) mass is 654 g/mol. The average molecular weight is 655 g/mol. The summed E-state index contributed by atoms with van der Waals surface area (Å²) in [5, 5.41) is 20.5. The SMILES string of the molecule is CCCCCOc1ccc(C2C(C(=O)c3sc(C)nc3C)=C(O)C(=O)N2c2nnc(SCc3ccccc3F)s2)cc1OC. The molecule has 1 N–H and O–H groups in total. The Morgan fingerprint density at radius 2 is 1.91 bits per heavy atom. The van der Waals surface area contributed by atoms with Gasteiger partial charge in [0.15, 0.2) is 21.6 Å². The molecule has 1 unspecified atom stereocenters. The summed E-state index contributed by atoms with van der Waals surface area (Å²) >= 11 is 3.59. The highest BCUT2D eigenvalue weighted by Crippen LogP contribution is 2.46. The number of anilines is 1. The Morgan fingerprint density at radius 3 is 2.61 bits per heavy atom. The van der Waals surface area contributed by atoms with Gasteiger partial charge >= 0.3 is 0 Å². The first kappa shape index (κ1) is 31.6. The number of carbonyl (C=O) groups is 2. The van der Waals surface area contributed by atoms with Gasteiger partial charge in [-0.05, 0) is 49.6 Å². The van der Waals surface area contributed by atoms with Gasteiger partial charge in [-0.3, -0.25) is 14.5 Å². The molecule has 1 aliphatic rings. The minimum atomic E-state index is -1.03. The van der Waals surface area contributed by atoms with E-state index in [9.17, 15) is 19.1 Å². The van der Waals surface area contributed by atoms with Gasteiger partial charge in [0.05, 0.1) is 40.9 Å². The predicted molar refractivity (Wildman–Crippen MR) is 170 cm³/mol. The second kappa shape index (κ2) is 13.9. The van der Waals surface area contributed by atoms with Crippen LogP contribution in [0.3, 0.4) is 0 Å². The van der Waals surface area contributed by atoms with Gasteiger partial charge in [-0.2, -0.15) is 0 Å². The third-order valence-corrected chi connectivity index (χ3v) is 10.2. The Hall–Kier alpha value is -3.81. The number of hydrogen-bond acceptors (Lipinski definition) is 11. The van der Waals surface area contributed by atoms with Crippen LogP contribution in [-0.4, -0.2) is 45.7 Å². The molecule has 0 fully saturated rings. The van der Waals surface area contributed by atoms with Gasteiger partial charge in [-0.25, -0.2) is 9.37 Å². The fraction of sp³-hybridized carbons (Fsp3) is 0.323. The Morgan fingerprint density at radius 1 is 1.11 bits per heavy atom. The molecule has 13 heteroatoms. The predicted octanol–water partition coefficient (Wildman–Crippen LogP) is 7.40. The Labute approximate surface area is 266 Å². The number of carbonyl (C=O) groups excluding carboxylic acids is 2. The van der Waals surface area contributed by atoms with Crippen LogP contribution in [0.1, 0.15) is 63.7 Å². The maximum atomic E-state index is 14.2. The van der Waals surface area contributed by atoms with Gasteiger partial charge in [0.25, 0.3) is 5.91 Å². The zero-order valence-electron chi connectivity index (χ0n) is 24.6. The van der Waals surface area contributed by atoms with Gasteiger partial charge < -0.3 is 14.6 Å². The smallest absolute Gasteiger partial charge is 0.296 e. The highest BCUT2D eigenvalue weighted by atomic mass is 32.2. The molecule has 1 atom stereocenters. The largest absolute Gasteiger partial charge is 0.503 e. The first-order valence-corrected chi connectivity index (χ1v) is 16.6. The van der Waals surface area contributed by atoms with Gasteiger partial charge in [-0.1, -0.05) is 67.1 Å². The van der Waals surface area contributed by atoms with E-state index in [0.29, 0.717) is 54.9 Å². The number of benzene rings is 2. The Bertz CT molecular complexity index is 1720. The number of aryl methyl sites for hydroxylation is 2. The van der Waals surface area contributed by atoms with Crippen LogP contribution < -0.4 is 14.4 Å². The fourth-order valence-corrected chi connectivity index (χ4v) is 7.56. The molecule has 0 saturated heterocycles. The maximum absolute atomic E-state index is 14.2. The van der Waals surface area contributed by atoms with E-state index in [0.717, 1.165) is 30.6 Å². The van der Waals surface area contributed by atoms with E-state index in [1.807, 2.05) is 0 Å². The summed E-state index contributed by atoms with van der Waals surface area (Å²) in [6, 6.07) is 10.6. The van der Waals surface area contributed by atoms with Crippen molar-refractivity contribution in [3.05, 3.63) is 86.3 Å². The van der Waals surface area contributed by atoms with Crippen molar-refractivity contribution in [3.8, 4) is 11.5 Å². The van der Waals surface area contributed by atoms with Gasteiger partial charge in [0.2, 0.25) is 10.9 Å². The van der Waals surface area contributed by atoms with E-state index < -0.39 is 23.5 Å². The van der Waals surface area contributed by atoms with Crippen molar-refractivity contribution in [2.45, 2.75) is 56.2 Å². The number of aliphatic hydroxyl groups excluding tert-OH is 1. The lowest BCUT2D eigenvalue weighted by molar-refractivity contribution is -0.117. The van der Waals surface area contributed by atoms with E-state index in [1.165, 1.54) is 41.2 Å². The third kappa shape index (κ3) is 6.49. The standard InChI is InChI=1S/C31H31FN4O5S3/c1-5-6-9-14-41-22-13-12-19(15-23(22)40-4)25-24(26(37)28-17(2)33-18(3)43-28)27(38)29(39)36(25)30-34-35-31(44-30)42-16-20-10-7-8-11-21(20)32/h7-8,10-13,15,25,38H,5-6,9,14,16H2,1-4H3. The van der Waals surface area contributed by atoms with E-state index >= 15 is 0 Å².